The van der Waals surface area contributed by atoms with E-state index in [1.807, 2.05) is 36.4 Å². The van der Waals surface area contributed by atoms with Crippen LogP contribution in [0.4, 0.5) is 0 Å². The zero-order chi connectivity index (χ0) is 10.2. The number of nitrogens with zero attached hydrogens (tertiary/aromatic N) is 1. The van der Waals surface area contributed by atoms with E-state index in [9.17, 15) is 4.79 Å². The molecule has 2 rings (SSSR count). The maximum absolute atomic E-state index is 10.1. The second-order valence-corrected chi connectivity index (χ2v) is 3.35. The van der Waals surface area contributed by atoms with Crippen molar-refractivity contribution in [1.29, 1.82) is 0 Å². The van der Waals surface area contributed by atoms with E-state index >= 15 is 0 Å². The highest BCUT2D eigenvalue weighted by Crippen LogP contribution is 2.05. The molecule has 1 heterocycles. The van der Waals surface area contributed by atoms with Gasteiger partial charge in [0.15, 0.2) is 5.78 Å². The number of ketones is 1. The minimum atomic E-state index is 0.125. The summed E-state index contributed by atoms with van der Waals surface area (Å²) in [5.41, 5.74) is 1.17. The summed E-state index contributed by atoms with van der Waals surface area (Å²) < 4.78 is 3.61. The van der Waals surface area contributed by atoms with Crippen molar-refractivity contribution in [3.63, 3.8) is 0 Å². The van der Waals surface area contributed by atoms with Crippen LogP contribution in [0.15, 0.2) is 41.3 Å². The molecule has 1 aromatic carbocycles. The van der Waals surface area contributed by atoms with Crippen LogP contribution in [0.1, 0.15) is 5.56 Å². The van der Waals surface area contributed by atoms with Gasteiger partial charge in [-0.15, -0.1) is 0 Å². The van der Waals surface area contributed by atoms with Gasteiger partial charge in [-0.05, 0) is 17.5 Å². The third-order valence-electron chi connectivity index (χ3n) is 1.51. The largest absolute Gasteiger partial charge is 0.292 e. The first-order valence-electron chi connectivity index (χ1n) is 4.18. The zero-order valence-corrected chi connectivity index (χ0v) is 8.54. The molecule has 0 fully saturated rings. The molecule has 0 saturated heterocycles. The van der Waals surface area contributed by atoms with E-state index < -0.39 is 0 Å². The van der Waals surface area contributed by atoms with E-state index in [4.69, 9.17) is 0 Å². The van der Waals surface area contributed by atoms with Crippen molar-refractivity contribution in [2.45, 2.75) is 0 Å². The predicted octanol–water partition coefficient (Wildman–Crippen LogP) is 2.62. The fourth-order valence-corrected chi connectivity index (χ4v) is 1.29. The fraction of sp³-hybridized carbons (Fsp3) is 0.0909. The standard InChI is InChI=1S/C8H8.C3H3NOS/c1-2-8-6-4-3-5-7-8;5-3-1-4-6-2-3/h2-7H,1H2;1H,2H2. The third kappa shape index (κ3) is 4.05. The molecule has 0 aliphatic carbocycles. The van der Waals surface area contributed by atoms with Gasteiger partial charge in [-0.2, -0.15) is 0 Å². The highest BCUT2D eigenvalue weighted by molar-refractivity contribution is 7.99. The van der Waals surface area contributed by atoms with Gasteiger partial charge in [-0.1, -0.05) is 43.0 Å². The number of hydrogen-bond acceptors (Lipinski definition) is 3. The minimum absolute atomic E-state index is 0.125. The Hall–Kier alpha value is -1.35. The molecular formula is C11H11NOS. The number of rotatable bonds is 1. The molecule has 0 radical (unpaired) electrons. The lowest BCUT2D eigenvalue weighted by molar-refractivity contribution is -0.110. The van der Waals surface area contributed by atoms with Gasteiger partial charge >= 0.3 is 0 Å². The van der Waals surface area contributed by atoms with Gasteiger partial charge in [0.05, 0.1) is 12.0 Å². The van der Waals surface area contributed by atoms with Gasteiger partial charge in [0.1, 0.15) is 0 Å². The predicted molar refractivity (Wildman–Crippen MR) is 62.5 cm³/mol. The molecule has 1 aromatic rings. The van der Waals surface area contributed by atoms with E-state index in [-0.39, 0.29) is 5.78 Å². The van der Waals surface area contributed by atoms with Gasteiger partial charge in [-0.25, -0.2) is 4.40 Å². The normalized spacial score (nSPS) is 13.3. The van der Waals surface area contributed by atoms with Crippen LogP contribution in [-0.2, 0) is 4.79 Å². The van der Waals surface area contributed by atoms with E-state index in [1.54, 1.807) is 0 Å². The van der Waals surface area contributed by atoms with Gasteiger partial charge in [0.2, 0.25) is 0 Å². The van der Waals surface area contributed by atoms with Crippen molar-refractivity contribution in [2.75, 3.05) is 5.75 Å². The number of hydrogen-bond donors (Lipinski definition) is 0. The lowest BCUT2D eigenvalue weighted by Crippen LogP contribution is -1.93. The number of carbonyl (C=O) groups excluding carboxylic acids is 1. The summed E-state index contributed by atoms with van der Waals surface area (Å²) in [5, 5.41) is 0. The maximum Gasteiger partial charge on any atom is 0.186 e. The molecule has 0 unspecified atom stereocenters. The van der Waals surface area contributed by atoms with Crippen molar-refractivity contribution in [3.8, 4) is 0 Å². The first-order chi connectivity index (χ1) is 6.83. The van der Waals surface area contributed by atoms with Crippen LogP contribution in [0.5, 0.6) is 0 Å². The second kappa shape index (κ2) is 6.16. The van der Waals surface area contributed by atoms with Crippen LogP contribution < -0.4 is 0 Å². The first kappa shape index (κ1) is 10.7. The smallest absolute Gasteiger partial charge is 0.186 e. The Balaban J connectivity index is 0.000000146. The number of benzene rings is 1. The van der Waals surface area contributed by atoms with Crippen LogP contribution in [0.25, 0.3) is 6.08 Å². The summed E-state index contributed by atoms with van der Waals surface area (Å²) >= 11 is 1.30. The molecule has 2 nitrogen and oxygen atoms in total. The lowest BCUT2D eigenvalue weighted by Gasteiger charge is -1.85. The summed E-state index contributed by atoms with van der Waals surface area (Å²) in [6.07, 6.45) is 3.19. The molecule has 0 amide bonds. The molecule has 0 saturated carbocycles. The molecule has 72 valence electrons. The van der Waals surface area contributed by atoms with E-state index in [2.05, 4.69) is 11.0 Å². The summed E-state index contributed by atoms with van der Waals surface area (Å²) in [6.45, 7) is 3.63. The summed E-state index contributed by atoms with van der Waals surface area (Å²) in [5.74, 6) is 0.667. The molecule has 3 heteroatoms. The quantitative estimate of drug-likeness (QED) is 0.659. The molecule has 14 heavy (non-hydrogen) atoms. The van der Waals surface area contributed by atoms with Gasteiger partial charge in [0.25, 0.3) is 0 Å². The highest BCUT2D eigenvalue weighted by atomic mass is 32.2. The maximum atomic E-state index is 10.1. The second-order valence-electron chi connectivity index (χ2n) is 2.59. The number of Topliss-reactive ketones (excluding diaryl/α,β-unsaturated/α-hetero) is 1. The van der Waals surface area contributed by atoms with Crippen LogP contribution in [-0.4, -0.2) is 17.8 Å². The average Bonchev–Trinajstić information content (AvgIpc) is 2.71. The van der Waals surface area contributed by atoms with Crippen LogP contribution in [0.3, 0.4) is 0 Å². The monoisotopic (exact) mass is 205 g/mol. The Labute approximate surface area is 87.9 Å². The van der Waals surface area contributed by atoms with E-state index in [0.717, 1.165) is 0 Å². The van der Waals surface area contributed by atoms with E-state index in [0.29, 0.717) is 5.75 Å². The van der Waals surface area contributed by atoms with Gasteiger partial charge < -0.3 is 0 Å². The Morgan fingerprint density at radius 1 is 1.36 bits per heavy atom. The molecule has 0 atom stereocenters. The van der Waals surface area contributed by atoms with Crippen molar-refractivity contribution in [1.82, 2.24) is 0 Å². The molecule has 0 spiro atoms. The summed E-state index contributed by atoms with van der Waals surface area (Å²) in [4.78, 5) is 10.1. The highest BCUT2D eigenvalue weighted by Gasteiger charge is 2.01. The molecular weight excluding hydrogens is 194 g/mol. The van der Waals surface area contributed by atoms with Crippen molar-refractivity contribution >= 4 is 30.0 Å². The van der Waals surface area contributed by atoms with Gasteiger partial charge in [0, 0.05) is 0 Å². The average molecular weight is 205 g/mol. The zero-order valence-electron chi connectivity index (χ0n) is 7.72. The van der Waals surface area contributed by atoms with Crippen LogP contribution in [0.2, 0.25) is 0 Å². The first-order valence-corrected chi connectivity index (χ1v) is 5.13. The molecule has 0 aromatic heterocycles. The Morgan fingerprint density at radius 2 is 2.07 bits per heavy atom. The van der Waals surface area contributed by atoms with Gasteiger partial charge in [-0.3, -0.25) is 4.79 Å². The third-order valence-corrected chi connectivity index (χ3v) is 2.18. The van der Waals surface area contributed by atoms with Crippen molar-refractivity contribution in [2.24, 2.45) is 4.40 Å². The Morgan fingerprint density at radius 3 is 2.36 bits per heavy atom. The summed E-state index contributed by atoms with van der Waals surface area (Å²) in [6, 6.07) is 10.0. The minimum Gasteiger partial charge on any atom is -0.292 e. The lowest BCUT2D eigenvalue weighted by atomic mass is 10.2. The fourth-order valence-electron chi connectivity index (χ4n) is 0.823. The van der Waals surface area contributed by atoms with Crippen LogP contribution in [0, 0.1) is 0 Å². The molecule has 1 aliphatic rings. The molecule has 0 N–H and O–H groups in total. The molecule has 0 bridgehead atoms. The Bertz CT molecular complexity index is 332. The summed E-state index contributed by atoms with van der Waals surface area (Å²) in [7, 11) is 0. The Kier molecular flexibility index (Phi) is 4.72. The van der Waals surface area contributed by atoms with Crippen molar-refractivity contribution < 1.29 is 4.79 Å². The number of carbonyl (C=O) groups is 1. The SMILES string of the molecule is C=Cc1ccccc1.O=C1C=NSC1. The topological polar surface area (TPSA) is 29.4 Å². The molecule has 1 aliphatic heterocycles. The van der Waals surface area contributed by atoms with E-state index in [1.165, 1.54) is 23.7 Å². The van der Waals surface area contributed by atoms with Crippen LogP contribution >= 0.6 is 11.9 Å². The van der Waals surface area contributed by atoms with Crippen molar-refractivity contribution in [3.05, 3.63) is 42.5 Å².